The third-order valence-electron chi connectivity index (χ3n) is 2.88. The molecule has 0 spiro atoms. The number of para-hydroxylation sites is 2. The van der Waals surface area contributed by atoms with Crippen molar-refractivity contribution < 1.29 is 0 Å². The van der Waals surface area contributed by atoms with Gasteiger partial charge in [0.15, 0.2) is 0 Å². The molecule has 3 rings (SSSR count). The summed E-state index contributed by atoms with van der Waals surface area (Å²) in [5.41, 5.74) is 10.0. The van der Waals surface area contributed by atoms with Gasteiger partial charge >= 0.3 is 0 Å². The molecule has 0 amide bonds. The van der Waals surface area contributed by atoms with Gasteiger partial charge in [0.05, 0.1) is 11.0 Å². The molecule has 2 N–H and O–H groups in total. The van der Waals surface area contributed by atoms with Gasteiger partial charge in [0, 0.05) is 12.2 Å². The fraction of sp³-hybridized carbons (Fsp3) is 0.0714. The fourth-order valence-corrected chi connectivity index (χ4v) is 2.00. The van der Waals surface area contributed by atoms with Crippen LogP contribution >= 0.6 is 0 Å². The maximum Gasteiger partial charge on any atom is 0.100 e. The topological polar surface area (TPSA) is 43.8 Å². The molecule has 3 nitrogen and oxygen atoms in total. The Labute approximate surface area is 99.5 Å². The molecule has 2 aromatic carbocycles. The minimum Gasteiger partial charge on any atom is -0.326 e. The van der Waals surface area contributed by atoms with E-state index in [1.165, 1.54) is 0 Å². The van der Waals surface area contributed by atoms with Crippen molar-refractivity contribution in [1.29, 1.82) is 0 Å². The lowest BCUT2D eigenvalue weighted by Gasteiger charge is -2.05. The van der Waals surface area contributed by atoms with Crippen LogP contribution in [0.4, 0.5) is 0 Å². The van der Waals surface area contributed by atoms with Gasteiger partial charge in [0.2, 0.25) is 0 Å². The number of rotatable bonds is 2. The van der Waals surface area contributed by atoms with Crippen molar-refractivity contribution in [1.82, 2.24) is 9.55 Å². The Kier molecular flexibility index (Phi) is 2.38. The van der Waals surface area contributed by atoms with Gasteiger partial charge in [-0.3, -0.25) is 4.57 Å². The molecule has 0 aliphatic heterocycles. The second-order valence-corrected chi connectivity index (χ2v) is 3.98. The average Bonchev–Trinajstić information content (AvgIpc) is 2.82. The van der Waals surface area contributed by atoms with Crippen LogP contribution in [-0.4, -0.2) is 9.55 Å². The van der Waals surface area contributed by atoms with Gasteiger partial charge in [0.25, 0.3) is 0 Å². The normalized spacial score (nSPS) is 10.9. The fourth-order valence-electron chi connectivity index (χ4n) is 2.00. The average molecular weight is 223 g/mol. The molecule has 84 valence electrons. The number of nitrogens with two attached hydrogens (primary N) is 1. The first-order chi connectivity index (χ1) is 8.38. The molecule has 1 aromatic heterocycles. The molecule has 17 heavy (non-hydrogen) atoms. The first-order valence-electron chi connectivity index (χ1n) is 5.60. The summed E-state index contributed by atoms with van der Waals surface area (Å²) in [5, 5.41) is 0. The van der Waals surface area contributed by atoms with Crippen LogP contribution in [0.5, 0.6) is 0 Å². The molecule has 0 radical (unpaired) electrons. The minimum atomic E-state index is 0.556. The lowest BCUT2D eigenvalue weighted by Crippen LogP contribution is -1.98. The summed E-state index contributed by atoms with van der Waals surface area (Å²) in [4.78, 5) is 4.38. The van der Waals surface area contributed by atoms with Crippen LogP contribution in [0.1, 0.15) is 5.56 Å². The Bertz CT molecular complexity index is 655. The van der Waals surface area contributed by atoms with Crippen molar-refractivity contribution in [3.63, 3.8) is 0 Å². The highest BCUT2D eigenvalue weighted by atomic mass is 15.0. The summed E-state index contributed by atoms with van der Waals surface area (Å²) in [6.07, 6.45) is 1.85. The molecule has 0 saturated carbocycles. The highest BCUT2D eigenvalue weighted by Crippen LogP contribution is 2.18. The van der Waals surface area contributed by atoms with Crippen molar-refractivity contribution in [2.75, 3.05) is 0 Å². The summed E-state index contributed by atoms with van der Waals surface area (Å²) in [6.45, 7) is 0.556. The molecular formula is C14H13N3. The number of benzene rings is 2. The van der Waals surface area contributed by atoms with Crippen molar-refractivity contribution >= 4 is 11.0 Å². The summed E-state index contributed by atoms with van der Waals surface area (Å²) in [7, 11) is 0. The Hall–Kier alpha value is -2.13. The second-order valence-electron chi connectivity index (χ2n) is 3.98. The predicted octanol–water partition coefficient (Wildman–Crippen LogP) is 2.48. The van der Waals surface area contributed by atoms with Crippen LogP contribution < -0.4 is 5.73 Å². The van der Waals surface area contributed by atoms with Gasteiger partial charge in [-0.1, -0.05) is 24.3 Å². The van der Waals surface area contributed by atoms with E-state index in [0.29, 0.717) is 6.54 Å². The zero-order chi connectivity index (χ0) is 11.7. The summed E-state index contributed by atoms with van der Waals surface area (Å²) in [6, 6.07) is 16.3. The van der Waals surface area contributed by atoms with E-state index in [1.54, 1.807) is 0 Å². The smallest absolute Gasteiger partial charge is 0.100 e. The van der Waals surface area contributed by atoms with Gasteiger partial charge in [-0.05, 0) is 29.8 Å². The van der Waals surface area contributed by atoms with E-state index in [9.17, 15) is 0 Å². The van der Waals surface area contributed by atoms with Crippen molar-refractivity contribution in [3.8, 4) is 5.69 Å². The second kappa shape index (κ2) is 4.03. The number of hydrogen-bond acceptors (Lipinski definition) is 2. The van der Waals surface area contributed by atoms with Crippen LogP contribution in [0.15, 0.2) is 54.9 Å². The zero-order valence-corrected chi connectivity index (χ0v) is 9.38. The third-order valence-corrected chi connectivity index (χ3v) is 2.88. The molecule has 0 unspecified atom stereocenters. The summed E-state index contributed by atoms with van der Waals surface area (Å²) >= 11 is 0. The Balaban J connectivity index is 2.20. The summed E-state index contributed by atoms with van der Waals surface area (Å²) in [5.74, 6) is 0. The molecule has 0 aliphatic rings. The number of fused-ring (bicyclic) bond motifs is 1. The van der Waals surface area contributed by atoms with Crippen molar-refractivity contribution in [3.05, 3.63) is 60.4 Å². The van der Waals surface area contributed by atoms with Gasteiger partial charge < -0.3 is 5.73 Å². The van der Waals surface area contributed by atoms with Crippen molar-refractivity contribution in [2.24, 2.45) is 5.73 Å². The molecule has 3 heteroatoms. The molecule has 0 bridgehead atoms. The van der Waals surface area contributed by atoms with Crippen LogP contribution in [0, 0.1) is 0 Å². The quantitative estimate of drug-likeness (QED) is 0.725. The van der Waals surface area contributed by atoms with Crippen LogP contribution in [0.3, 0.4) is 0 Å². The molecular weight excluding hydrogens is 210 g/mol. The standard InChI is InChI=1S/C14H13N3/c15-9-11-4-3-5-12(8-11)17-10-16-13-6-1-2-7-14(13)17/h1-8,10H,9,15H2. The number of aromatic nitrogens is 2. The third kappa shape index (κ3) is 1.70. The van der Waals surface area contributed by atoms with Gasteiger partial charge in [0.1, 0.15) is 6.33 Å². The lowest BCUT2D eigenvalue weighted by molar-refractivity contribution is 1.04. The molecule has 0 aliphatic carbocycles. The van der Waals surface area contributed by atoms with E-state index < -0.39 is 0 Å². The first-order valence-corrected chi connectivity index (χ1v) is 5.60. The highest BCUT2D eigenvalue weighted by molar-refractivity contribution is 5.77. The molecule has 0 saturated heterocycles. The first kappa shape index (κ1) is 10.1. The molecule has 0 fully saturated rings. The van der Waals surface area contributed by atoms with Crippen molar-refractivity contribution in [2.45, 2.75) is 6.54 Å². The SMILES string of the molecule is NCc1cccc(-n2cnc3ccccc32)c1. The highest BCUT2D eigenvalue weighted by Gasteiger charge is 2.03. The van der Waals surface area contributed by atoms with E-state index in [1.807, 2.05) is 36.7 Å². The zero-order valence-electron chi connectivity index (χ0n) is 9.38. The Morgan fingerprint density at radius 2 is 1.94 bits per heavy atom. The predicted molar refractivity (Wildman–Crippen MR) is 69.0 cm³/mol. The largest absolute Gasteiger partial charge is 0.326 e. The van der Waals surface area contributed by atoms with Crippen LogP contribution in [-0.2, 0) is 6.54 Å². The van der Waals surface area contributed by atoms with Crippen LogP contribution in [0.25, 0.3) is 16.7 Å². The Morgan fingerprint density at radius 1 is 1.06 bits per heavy atom. The summed E-state index contributed by atoms with van der Waals surface area (Å²) < 4.78 is 2.08. The maximum absolute atomic E-state index is 5.66. The molecule has 3 aromatic rings. The van der Waals surface area contributed by atoms with E-state index in [2.05, 4.69) is 27.8 Å². The lowest BCUT2D eigenvalue weighted by atomic mass is 10.2. The van der Waals surface area contributed by atoms with E-state index in [4.69, 9.17) is 5.73 Å². The molecule has 0 atom stereocenters. The minimum absolute atomic E-state index is 0.556. The number of nitrogens with zero attached hydrogens (tertiary/aromatic N) is 2. The Morgan fingerprint density at radius 3 is 2.82 bits per heavy atom. The van der Waals surface area contributed by atoms with Gasteiger partial charge in [-0.15, -0.1) is 0 Å². The van der Waals surface area contributed by atoms with E-state index in [0.717, 1.165) is 22.3 Å². The monoisotopic (exact) mass is 223 g/mol. The van der Waals surface area contributed by atoms with E-state index >= 15 is 0 Å². The van der Waals surface area contributed by atoms with Gasteiger partial charge in [-0.25, -0.2) is 4.98 Å². The van der Waals surface area contributed by atoms with E-state index in [-0.39, 0.29) is 0 Å². The maximum atomic E-state index is 5.66. The number of hydrogen-bond donors (Lipinski definition) is 1. The van der Waals surface area contributed by atoms with Crippen LogP contribution in [0.2, 0.25) is 0 Å². The molecule has 1 heterocycles. The van der Waals surface area contributed by atoms with Gasteiger partial charge in [-0.2, -0.15) is 0 Å². The number of imidazole rings is 1.